The van der Waals surface area contributed by atoms with Crippen LogP contribution in [0.1, 0.15) is 28.5 Å². The lowest BCUT2D eigenvalue weighted by Crippen LogP contribution is -2.24. The molecule has 0 bridgehead atoms. The Hall–Kier alpha value is -3.95. The van der Waals surface area contributed by atoms with Gasteiger partial charge in [-0.2, -0.15) is 13.2 Å². The van der Waals surface area contributed by atoms with E-state index in [1.807, 2.05) is 13.0 Å². The topological polar surface area (TPSA) is 100.0 Å². The smallest absolute Gasteiger partial charge is 0.434 e. The highest BCUT2D eigenvalue weighted by atomic mass is 19.4. The van der Waals surface area contributed by atoms with Gasteiger partial charge in [-0.3, -0.25) is 15.2 Å². The monoisotopic (exact) mass is 457 g/mol. The summed E-state index contributed by atoms with van der Waals surface area (Å²) in [6.45, 7) is 1.95. The van der Waals surface area contributed by atoms with Gasteiger partial charge < -0.3 is 15.4 Å². The summed E-state index contributed by atoms with van der Waals surface area (Å²) in [7, 11) is 3.01. The van der Waals surface area contributed by atoms with E-state index in [4.69, 9.17) is 10.1 Å². The third-order valence-corrected chi connectivity index (χ3v) is 4.87. The maximum Gasteiger partial charge on any atom is 0.434 e. The molecule has 1 amide bonds. The van der Waals surface area contributed by atoms with Crippen molar-refractivity contribution in [2.75, 3.05) is 19.4 Å². The number of aryl methyl sites for hydroxylation is 1. The molecule has 0 aliphatic rings. The molecule has 172 valence electrons. The van der Waals surface area contributed by atoms with Gasteiger partial charge in [0.1, 0.15) is 17.2 Å². The average Bonchev–Trinajstić information content (AvgIpc) is 2.82. The van der Waals surface area contributed by atoms with Crippen molar-refractivity contribution in [3.05, 3.63) is 65.6 Å². The summed E-state index contributed by atoms with van der Waals surface area (Å²) in [6, 6.07) is 10.0. The van der Waals surface area contributed by atoms with Gasteiger partial charge in [0.15, 0.2) is 5.71 Å². The van der Waals surface area contributed by atoms with E-state index in [0.29, 0.717) is 23.4 Å². The predicted octanol–water partition coefficient (Wildman–Crippen LogP) is 4.83. The van der Waals surface area contributed by atoms with Crippen LogP contribution < -0.4 is 15.4 Å². The summed E-state index contributed by atoms with van der Waals surface area (Å²) in [5.41, 5.74) is 0.793. The largest absolute Gasteiger partial charge is 0.456 e. The van der Waals surface area contributed by atoms with E-state index in [2.05, 4.69) is 20.6 Å². The second-order valence-corrected chi connectivity index (χ2v) is 6.97. The lowest BCUT2D eigenvalue weighted by Gasteiger charge is -2.14. The Labute approximate surface area is 188 Å². The zero-order valence-corrected chi connectivity index (χ0v) is 18.2. The van der Waals surface area contributed by atoms with Crippen LogP contribution in [0.5, 0.6) is 11.5 Å². The van der Waals surface area contributed by atoms with Crippen LogP contribution in [0.15, 0.2) is 48.8 Å². The Morgan fingerprint density at radius 1 is 1.09 bits per heavy atom. The lowest BCUT2D eigenvalue weighted by atomic mass is 9.99. The molecule has 3 N–H and O–H groups in total. The van der Waals surface area contributed by atoms with E-state index in [0.717, 1.165) is 17.3 Å². The van der Waals surface area contributed by atoms with Crippen molar-refractivity contribution in [1.82, 2.24) is 15.3 Å². The molecule has 33 heavy (non-hydrogen) atoms. The minimum atomic E-state index is -4.81. The molecule has 0 radical (unpaired) electrons. The first-order valence-electron chi connectivity index (χ1n) is 10.0. The number of pyridine rings is 2. The fraction of sp³-hybridized carbons (Fsp3) is 0.217. The minimum Gasteiger partial charge on any atom is -0.456 e. The van der Waals surface area contributed by atoms with Gasteiger partial charge in [-0.1, -0.05) is 13.0 Å². The highest BCUT2D eigenvalue weighted by Gasteiger charge is 2.37. The van der Waals surface area contributed by atoms with E-state index in [9.17, 15) is 18.0 Å². The van der Waals surface area contributed by atoms with Crippen molar-refractivity contribution in [1.29, 1.82) is 5.41 Å². The standard InChI is InChI=1S/C23H22F3N5O2/c1-4-13-9-14(5-6-17(13)22(32)29-3)18-10-15(7-8-30-18)33-16-11-19(28-2)20(31-12-16)21(27)23(24,25)26/h5-12,27-28H,4H2,1-3H3,(H,29,32). The molecule has 2 heterocycles. The molecule has 0 spiro atoms. The molecule has 1 aromatic carbocycles. The molecule has 0 unspecified atom stereocenters. The van der Waals surface area contributed by atoms with Crippen LogP contribution in [-0.2, 0) is 6.42 Å². The van der Waals surface area contributed by atoms with Crippen molar-refractivity contribution >= 4 is 17.3 Å². The normalized spacial score (nSPS) is 11.1. The molecule has 0 atom stereocenters. The number of hydrogen-bond acceptors (Lipinski definition) is 6. The van der Waals surface area contributed by atoms with Crippen LogP contribution in [0.4, 0.5) is 18.9 Å². The highest BCUT2D eigenvalue weighted by molar-refractivity contribution is 6.05. The Balaban J connectivity index is 1.89. The first kappa shape index (κ1) is 23.7. The van der Waals surface area contributed by atoms with Crippen LogP contribution in [-0.4, -0.2) is 41.9 Å². The third kappa shape index (κ3) is 5.28. The molecule has 0 aliphatic heterocycles. The van der Waals surface area contributed by atoms with Gasteiger partial charge in [-0.15, -0.1) is 0 Å². The Morgan fingerprint density at radius 3 is 2.48 bits per heavy atom. The maximum atomic E-state index is 12.9. The van der Waals surface area contributed by atoms with Crippen molar-refractivity contribution in [3.8, 4) is 22.8 Å². The Morgan fingerprint density at radius 2 is 1.85 bits per heavy atom. The van der Waals surface area contributed by atoms with Crippen LogP contribution in [0.3, 0.4) is 0 Å². The van der Waals surface area contributed by atoms with Crippen LogP contribution in [0, 0.1) is 5.41 Å². The second-order valence-electron chi connectivity index (χ2n) is 6.97. The SMILES string of the molecule is CCc1cc(-c2cc(Oc3cnc(C(=N)C(F)(F)F)c(NC)c3)ccn2)ccc1C(=O)NC. The molecular formula is C23H22F3N5O2. The number of rotatable bonds is 7. The summed E-state index contributed by atoms with van der Waals surface area (Å²) >= 11 is 0. The molecule has 10 heteroatoms. The second kappa shape index (κ2) is 9.68. The van der Waals surface area contributed by atoms with E-state index in [-0.39, 0.29) is 17.3 Å². The number of nitrogens with zero attached hydrogens (tertiary/aromatic N) is 2. The number of anilines is 1. The zero-order valence-electron chi connectivity index (χ0n) is 18.2. The summed E-state index contributed by atoms with van der Waals surface area (Å²) in [5.74, 6) is 0.425. The predicted molar refractivity (Wildman–Crippen MR) is 119 cm³/mol. The van der Waals surface area contributed by atoms with Gasteiger partial charge in [-0.25, -0.2) is 4.98 Å². The molecule has 0 saturated carbocycles. The summed E-state index contributed by atoms with van der Waals surface area (Å²) in [4.78, 5) is 20.2. The number of hydrogen-bond donors (Lipinski definition) is 3. The van der Waals surface area contributed by atoms with Crippen molar-refractivity contribution in [3.63, 3.8) is 0 Å². The van der Waals surface area contributed by atoms with Crippen molar-refractivity contribution < 1.29 is 22.7 Å². The molecule has 2 aromatic heterocycles. The van der Waals surface area contributed by atoms with Crippen molar-refractivity contribution in [2.24, 2.45) is 0 Å². The Kier molecular flexibility index (Phi) is 6.95. The number of aromatic nitrogens is 2. The summed E-state index contributed by atoms with van der Waals surface area (Å²) in [5, 5.41) is 12.6. The van der Waals surface area contributed by atoms with E-state index < -0.39 is 17.6 Å². The molecular weight excluding hydrogens is 435 g/mol. The highest BCUT2D eigenvalue weighted by Crippen LogP contribution is 2.31. The summed E-state index contributed by atoms with van der Waals surface area (Å²) in [6.07, 6.45) is -1.48. The fourth-order valence-corrected chi connectivity index (χ4v) is 3.20. The van der Waals surface area contributed by atoms with Crippen molar-refractivity contribution in [2.45, 2.75) is 19.5 Å². The van der Waals surface area contributed by atoms with E-state index in [1.165, 1.54) is 13.1 Å². The molecule has 3 rings (SSSR count). The third-order valence-electron chi connectivity index (χ3n) is 4.87. The molecule has 0 saturated heterocycles. The van der Waals surface area contributed by atoms with Gasteiger partial charge in [0, 0.05) is 43.6 Å². The van der Waals surface area contributed by atoms with Crippen LogP contribution >= 0.6 is 0 Å². The van der Waals surface area contributed by atoms with Gasteiger partial charge in [-0.05, 0) is 30.2 Å². The van der Waals surface area contributed by atoms with E-state index in [1.54, 1.807) is 37.5 Å². The molecule has 0 fully saturated rings. The summed E-state index contributed by atoms with van der Waals surface area (Å²) < 4.78 is 44.5. The number of alkyl halides is 3. The number of halogens is 3. The minimum absolute atomic E-state index is 0.0153. The van der Waals surface area contributed by atoms with Gasteiger partial charge in [0.05, 0.1) is 17.6 Å². The number of carbonyl (C=O) groups excluding carboxylic acids is 1. The number of ether oxygens (including phenoxy) is 1. The number of benzene rings is 1. The van der Waals surface area contributed by atoms with E-state index >= 15 is 0 Å². The molecule has 7 nitrogen and oxygen atoms in total. The quantitative estimate of drug-likeness (QED) is 0.442. The fourth-order valence-electron chi connectivity index (χ4n) is 3.20. The number of nitrogens with one attached hydrogen (secondary N) is 3. The number of amides is 1. The first-order chi connectivity index (χ1) is 15.7. The van der Waals surface area contributed by atoms with Gasteiger partial charge in [0.2, 0.25) is 0 Å². The molecule has 3 aromatic rings. The first-order valence-corrected chi connectivity index (χ1v) is 10.0. The maximum absolute atomic E-state index is 12.9. The number of carbonyl (C=O) groups is 1. The lowest BCUT2D eigenvalue weighted by molar-refractivity contribution is -0.0589. The van der Waals surface area contributed by atoms with Crippen LogP contribution in [0.2, 0.25) is 0 Å². The Bertz CT molecular complexity index is 1190. The zero-order chi connectivity index (χ0) is 24.2. The molecule has 0 aliphatic carbocycles. The van der Waals surface area contributed by atoms with Crippen LogP contribution in [0.25, 0.3) is 11.3 Å². The van der Waals surface area contributed by atoms with Gasteiger partial charge >= 0.3 is 6.18 Å². The average molecular weight is 457 g/mol. The van der Waals surface area contributed by atoms with Gasteiger partial charge in [0.25, 0.3) is 5.91 Å².